The van der Waals surface area contributed by atoms with Crippen LogP contribution in [0.25, 0.3) is 94.6 Å². The highest BCUT2D eigenvalue weighted by molar-refractivity contribution is 6.21. The number of benzene rings is 5. The molecule has 8 bridgehead atoms. The van der Waals surface area contributed by atoms with Crippen molar-refractivity contribution in [1.82, 2.24) is 39.9 Å². The van der Waals surface area contributed by atoms with Crippen LogP contribution in [0.5, 0.6) is 23.0 Å². The third kappa shape index (κ3) is 12.4. The van der Waals surface area contributed by atoms with Crippen LogP contribution in [0.4, 0.5) is 0 Å². The zero-order chi connectivity index (χ0) is 66.1. The van der Waals surface area contributed by atoms with Gasteiger partial charge in [0.15, 0.2) is 23.0 Å². The van der Waals surface area contributed by atoms with Crippen molar-refractivity contribution in [3.8, 4) is 45.8 Å². The monoisotopic (exact) mass is 1290 g/mol. The predicted octanol–water partition coefficient (Wildman–Crippen LogP) is 15.8. The summed E-state index contributed by atoms with van der Waals surface area (Å²) in [4.78, 5) is 42.7. The summed E-state index contributed by atoms with van der Waals surface area (Å²) in [6, 6.07) is 25.0. The van der Waals surface area contributed by atoms with Crippen molar-refractivity contribution in [2.45, 2.75) is 164 Å². The first-order valence-electron chi connectivity index (χ1n) is 35.8. The minimum absolute atomic E-state index is 0.327. The van der Waals surface area contributed by atoms with Crippen LogP contribution >= 0.6 is 0 Å². The predicted molar refractivity (Wildman–Crippen MR) is 383 cm³/mol. The number of H-pyrrole nitrogens is 2. The topological polar surface area (TPSA) is 183 Å². The lowest BCUT2D eigenvalue weighted by Gasteiger charge is -2.30. The number of unbranched alkanes of at least 4 members (excludes halogenated alkanes) is 8. The molecule has 7 aromatic rings. The zero-order valence-corrected chi connectivity index (χ0v) is 57.3. The second-order valence-corrected chi connectivity index (χ2v) is 25.4. The van der Waals surface area contributed by atoms with Crippen LogP contribution in [0, 0.1) is 5.92 Å². The molecule has 96 heavy (non-hydrogen) atoms. The second-order valence-electron chi connectivity index (χ2n) is 25.4. The number of aromatic amines is 2. The number of ether oxygens (including phenoxy) is 8. The van der Waals surface area contributed by atoms with Crippen LogP contribution in [-0.2, 0) is 18.9 Å². The number of hydrogen-bond acceptors (Lipinski definition) is 14. The van der Waals surface area contributed by atoms with Crippen molar-refractivity contribution in [1.29, 1.82) is 0 Å². The second kappa shape index (κ2) is 30.3. The molecule has 0 amide bonds. The summed E-state index contributed by atoms with van der Waals surface area (Å²) >= 11 is 0. The third-order valence-electron chi connectivity index (χ3n) is 18.4. The Morgan fingerprint density at radius 1 is 0.385 bits per heavy atom. The number of hydrogen-bond donors (Lipinski definition) is 2. The van der Waals surface area contributed by atoms with Crippen LogP contribution in [0.2, 0.25) is 0 Å². The molecule has 0 saturated heterocycles. The Hall–Kier alpha value is -9.18. The lowest BCUT2D eigenvalue weighted by Crippen LogP contribution is -2.38. The van der Waals surface area contributed by atoms with Crippen LogP contribution in [-0.4, -0.2) is 92.7 Å². The summed E-state index contributed by atoms with van der Waals surface area (Å²) in [7, 11) is 0. The van der Waals surface area contributed by atoms with E-state index in [4.69, 9.17) is 67.8 Å². The summed E-state index contributed by atoms with van der Waals surface area (Å²) < 4.78 is 57.4. The Kier molecular flexibility index (Phi) is 20.6. The van der Waals surface area contributed by atoms with Crippen molar-refractivity contribution in [2.75, 3.05) is 52.9 Å². The van der Waals surface area contributed by atoms with E-state index in [-0.39, 0.29) is 5.92 Å². The van der Waals surface area contributed by atoms with Gasteiger partial charge in [-0.15, -0.1) is 0 Å². The van der Waals surface area contributed by atoms with Gasteiger partial charge >= 0.3 is 0 Å². The van der Waals surface area contributed by atoms with Gasteiger partial charge in [0.25, 0.3) is 0 Å². The number of fused-ring (bicyclic) bond motifs is 22. The smallest absolute Gasteiger partial charge is 0.168 e. The molecule has 6 aliphatic rings. The maximum atomic E-state index is 7.20. The van der Waals surface area contributed by atoms with Crippen molar-refractivity contribution in [3.05, 3.63) is 147 Å². The van der Waals surface area contributed by atoms with E-state index in [1.54, 1.807) is 0 Å². The molecule has 0 fully saturated rings. The van der Waals surface area contributed by atoms with E-state index in [1.807, 2.05) is 12.1 Å². The maximum Gasteiger partial charge on any atom is 0.168 e. The Morgan fingerprint density at radius 3 is 1.39 bits per heavy atom. The van der Waals surface area contributed by atoms with Gasteiger partial charge in [0.05, 0.1) is 97.4 Å². The van der Waals surface area contributed by atoms with Gasteiger partial charge < -0.3 is 47.9 Å². The lowest BCUT2D eigenvalue weighted by atomic mass is 9.81. The van der Waals surface area contributed by atoms with E-state index in [0.29, 0.717) is 172 Å². The summed E-state index contributed by atoms with van der Waals surface area (Å²) in [5.74, 6) is 5.98. The maximum absolute atomic E-state index is 7.20. The first kappa shape index (κ1) is 65.5. The largest absolute Gasteiger partial charge is 0.496 e. The Labute approximate surface area is 562 Å². The molecule has 3 aliphatic heterocycles. The number of rotatable bonds is 32. The van der Waals surface area contributed by atoms with E-state index >= 15 is 0 Å². The summed E-state index contributed by atoms with van der Waals surface area (Å²) in [6.07, 6.45) is 22.6. The molecule has 2 unspecified atom stereocenters. The van der Waals surface area contributed by atoms with Crippen molar-refractivity contribution in [2.24, 2.45) is 5.92 Å². The molecule has 5 heterocycles. The van der Waals surface area contributed by atoms with Gasteiger partial charge in [0.1, 0.15) is 74.6 Å². The fraction of sp³-hybridized carbons (Fsp3) is 0.425. The Bertz CT molecular complexity index is 4710. The van der Waals surface area contributed by atoms with Gasteiger partial charge in [0, 0.05) is 37.6 Å². The van der Waals surface area contributed by atoms with Gasteiger partial charge in [0.2, 0.25) is 0 Å². The fourth-order valence-corrected chi connectivity index (χ4v) is 13.4. The van der Waals surface area contributed by atoms with Crippen LogP contribution in [0.15, 0.2) is 114 Å². The lowest BCUT2D eigenvalue weighted by molar-refractivity contribution is 0.183. The molecule has 2 atom stereocenters. The standard InChI is InChI=1S/C80H92N8O8/c1-9-17-41-89-65-49-33-25-26-34-50(49)66(90-42-18-10-2)58-57(65)73-81-74(58)86-76-61-62(70(94-46-22-14-6)54-38-30-29-37-53(54)69(61)93-45-21-13-5)78(83-76)88-80-64-63(71(95-47-23-15-7)55-39-31-32-40-56(55)72(64)96-48-24-16-8)79(84-80)87-77-60-59(75(82-77)85-73)67(91-43-19-11-3)51-35-27-28-36-52(51)68(60)92-44-20-12-4/h25-40,49,61H,9-24,41-48H2,1-8H3,(H,83,86)(H,81,82,84,85,87,88). The van der Waals surface area contributed by atoms with E-state index in [1.165, 1.54) is 0 Å². The zero-order valence-electron chi connectivity index (χ0n) is 57.3. The summed E-state index contributed by atoms with van der Waals surface area (Å²) in [6.45, 7) is 21.1. The molecule has 5 aromatic carbocycles. The molecule has 2 aromatic heterocycles. The van der Waals surface area contributed by atoms with Crippen molar-refractivity contribution < 1.29 is 37.9 Å². The Morgan fingerprint density at radius 2 is 0.833 bits per heavy atom. The molecule has 13 rings (SSSR count). The van der Waals surface area contributed by atoms with E-state index in [9.17, 15) is 0 Å². The van der Waals surface area contributed by atoms with Crippen molar-refractivity contribution >= 4 is 71.8 Å². The quantitative estimate of drug-likeness (QED) is 0.0380. The van der Waals surface area contributed by atoms with E-state index in [0.717, 1.165) is 152 Å². The van der Waals surface area contributed by atoms with Gasteiger partial charge in [-0.05, 0) is 51.4 Å². The fourth-order valence-electron chi connectivity index (χ4n) is 13.4. The summed E-state index contributed by atoms with van der Waals surface area (Å²) in [5.41, 5.74) is 6.19. The van der Waals surface area contributed by atoms with E-state index in [2.05, 4.69) is 150 Å². The average molecular weight is 1290 g/mol. The van der Waals surface area contributed by atoms with Crippen LogP contribution in [0.3, 0.4) is 0 Å². The van der Waals surface area contributed by atoms with Crippen LogP contribution < -0.4 is 40.3 Å². The Balaban J connectivity index is 1.29. The molecule has 0 saturated carbocycles. The van der Waals surface area contributed by atoms with Crippen molar-refractivity contribution in [3.63, 3.8) is 0 Å². The number of aromatic nitrogens is 8. The highest BCUT2D eigenvalue weighted by atomic mass is 16.5. The number of nitrogens with one attached hydrogen (secondary N) is 2. The molecular formula is C80H92N8O8. The molecule has 16 nitrogen and oxygen atoms in total. The molecule has 0 spiro atoms. The van der Waals surface area contributed by atoms with Gasteiger partial charge in [-0.1, -0.05) is 204 Å². The van der Waals surface area contributed by atoms with Crippen LogP contribution in [0.1, 0.15) is 176 Å². The van der Waals surface area contributed by atoms with Gasteiger partial charge in [-0.3, -0.25) is 0 Å². The van der Waals surface area contributed by atoms with Gasteiger partial charge in [-0.2, -0.15) is 0 Å². The number of allylic oxidation sites excluding steroid dienone is 5. The van der Waals surface area contributed by atoms with E-state index < -0.39 is 5.92 Å². The first-order valence-corrected chi connectivity index (χ1v) is 35.8. The summed E-state index contributed by atoms with van der Waals surface area (Å²) in [5, 5.41) is 6.72. The molecule has 500 valence electrons. The molecule has 3 aliphatic carbocycles. The molecular weight excluding hydrogens is 1200 g/mol. The SMILES string of the molecule is CCCCOC1=C2C=CC=CC2C(OCCCC)=C2C1=c1nc2nc2nc(nc3[nH]c(nc4[nH]c(n1)C1C=4C(OCCCC)=c4ccccc4=C1OCCCC)c1c(OCCCC)c4ccccc4c(OCCCC)c31)-c1c-2c(OCCCC)c2ccccc2c1OCCCC. The highest BCUT2D eigenvalue weighted by Gasteiger charge is 2.43. The minimum Gasteiger partial charge on any atom is -0.496 e. The first-order chi connectivity index (χ1) is 47.4. The molecule has 2 N–H and O–H groups in total. The minimum atomic E-state index is -0.657. The third-order valence-corrected chi connectivity index (χ3v) is 18.4. The number of nitrogens with zero attached hydrogens (tertiary/aromatic N) is 6. The van der Waals surface area contributed by atoms with Gasteiger partial charge in [-0.25, -0.2) is 29.9 Å². The highest BCUT2D eigenvalue weighted by Crippen LogP contribution is 2.54. The average Bonchev–Trinajstić information content (AvgIpc) is 1.55. The molecule has 16 heteroatoms. The molecule has 0 radical (unpaired) electrons. The normalized spacial score (nSPS) is 15.6.